The predicted molar refractivity (Wildman–Crippen MR) is 125 cm³/mol. The lowest BCUT2D eigenvalue weighted by atomic mass is 9.84. The highest BCUT2D eigenvalue weighted by atomic mass is 127. The maximum atomic E-state index is 13.8. The van der Waals surface area contributed by atoms with E-state index in [-0.39, 0.29) is 53.0 Å². The first-order valence-corrected chi connectivity index (χ1v) is 9.99. The maximum Gasteiger partial charge on any atom is 0.230 e. The lowest BCUT2D eigenvalue weighted by Gasteiger charge is -2.31. The second-order valence-electron chi connectivity index (χ2n) is 7.57. The summed E-state index contributed by atoms with van der Waals surface area (Å²) in [5, 5.41) is 6.54. The van der Waals surface area contributed by atoms with Crippen molar-refractivity contribution in [3.05, 3.63) is 30.1 Å². The average molecular weight is 520 g/mol. The Labute approximate surface area is 190 Å². The molecule has 1 fully saturated rings. The molecule has 1 aliphatic carbocycles. The zero-order valence-corrected chi connectivity index (χ0v) is 20.2. The Kier molecular flexibility index (Phi) is 10.7. The Morgan fingerprint density at radius 2 is 1.93 bits per heavy atom. The van der Waals surface area contributed by atoms with Crippen LogP contribution in [0.1, 0.15) is 39.0 Å². The molecule has 1 aliphatic rings. The largest absolute Gasteiger partial charge is 0.486 e. The fourth-order valence-corrected chi connectivity index (χ4v) is 3.67. The molecule has 0 aromatic heterocycles. The molecule has 6 nitrogen and oxygen atoms in total. The first kappa shape index (κ1) is 25.5. The van der Waals surface area contributed by atoms with Gasteiger partial charge in [-0.2, -0.15) is 0 Å². The van der Waals surface area contributed by atoms with E-state index >= 15 is 0 Å². The number of para-hydroxylation sites is 1. The van der Waals surface area contributed by atoms with Crippen molar-refractivity contribution >= 4 is 35.8 Å². The molecule has 1 aromatic rings. The minimum atomic E-state index is -0.367. The molecule has 0 heterocycles. The van der Waals surface area contributed by atoms with E-state index in [0.717, 1.165) is 32.1 Å². The third-order valence-electron chi connectivity index (χ3n) is 5.32. The number of ether oxygens (including phenoxy) is 1. The van der Waals surface area contributed by atoms with Crippen molar-refractivity contribution in [2.45, 2.75) is 45.1 Å². The van der Waals surface area contributed by atoms with Gasteiger partial charge in [-0.15, -0.1) is 24.0 Å². The molecule has 8 heteroatoms. The lowest BCUT2D eigenvalue weighted by molar-refractivity contribution is -0.138. The van der Waals surface area contributed by atoms with Crippen molar-refractivity contribution < 1.29 is 13.9 Å². The van der Waals surface area contributed by atoms with E-state index in [1.54, 1.807) is 44.2 Å². The summed E-state index contributed by atoms with van der Waals surface area (Å²) in [5.41, 5.74) is -0.366. The van der Waals surface area contributed by atoms with Crippen molar-refractivity contribution in [3.8, 4) is 5.75 Å². The van der Waals surface area contributed by atoms with Gasteiger partial charge in [0.2, 0.25) is 5.91 Å². The van der Waals surface area contributed by atoms with Crippen LogP contribution in [-0.4, -0.2) is 57.1 Å². The van der Waals surface area contributed by atoms with Crippen LogP contribution in [0.4, 0.5) is 4.39 Å². The number of rotatable bonds is 8. The third-order valence-corrected chi connectivity index (χ3v) is 5.32. The van der Waals surface area contributed by atoms with Crippen LogP contribution in [0, 0.1) is 11.2 Å². The number of carbonyl (C=O) groups excluding carboxylic acids is 1. The molecular formula is C21H34FIN4O2. The number of benzene rings is 1. The molecule has 29 heavy (non-hydrogen) atoms. The number of halogens is 2. The molecule has 0 bridgehead atoms. The van der Waals surface area contributed by atoms with E-state index < -0.39 is 0 Å². The van der Waals surface area contributed by atoms with Crippen molar-refractivity contribution in [2.24, 2.45) is 10.4 Å². The molecule has 0 saturated heterocycles. The minimum Gasteiger partial charge on any atom is -0.486 e. The topological polar surface area (TPSA) is 66.0 Å². The van der Waals surface area contributed by atoms with Crippen LogP contribution in [0.3, 0.4) is 0 Å². The summed E-state index contributed by atoms with van der Waals surface area (Å²) in [6, 6.07) is 6.41. The highest BCUT2D eigenvalue weighted by Crippen LogP contribution is 2.38. The summed E-state index contributed by atoms with van der Waals surface area (Å²) in [6.45, 7) is 3.03. The maximum absolute atomic E-state index is 13.8. The van der Waals surface area contributed by atoms with Crippen LogP contribution >= 0.6 is 24.0 Å². The van der Waals surface area contributed by atoms with Gasteiger partial charge in [-0.05, 0) is 31.4 Å². The van der Waals surface area contributed by atoms with Crippen molar-refractivity contribution in [1.82, 2.24) is 15.5 Å². The minimum absolute atomic E-state index is 0. The lowest BCUT2D eigenvalue weighted by Crippen LogP contribution is -2.50. The molecule has 0 aliphatic heterocycles. The first-order chi connectivity index (χ1) is 13.4. The molecule has 2 rings (SSSR count). The van der Waals surface area contributed by atoms with Crippen LogP contribution < -0.4 is 15.4 Å². The second kappa shape index (κ2) is 12.2. The number of carbonyl (C=O) groups is 1. The van der Waals surface area contributed by atoms with Gasteiger partial charge in [0, 0.05) is 27.7 Å². The zero-order chi connectivity index (χ0) is 20.6. The van der Waals surface area contributed by atoms with Crippen LogP contribution in [0.25, 0.3) is 0 Å². The summed E-state index contributed by atoms with van der Waals surface area (Å²) in [6.07, 6.45) is 4.45. The molecule has 1 saturated carbocycles. The standard InChI is InChI=1S/C21H33FN4O2.HI/c1-5-16(28-18-11-7-6-10-17(18)22)14-24-20(23-2)25-15-21(12-8-9-13-21)19(27)26(3)4;/h6-7,10-11,16H,5,8-9,12-15H2,1-4H3,(H2,23,24,25);1H. The Balaban J connectivity index is 0.00000420. The van der Waals surface area contributed by atoms with E-state index in [4.69, 9.17) is 4.74 Å². The van der Waals surface area contributed by atoms with E-state index in [0.29, 0.717) is 19.0 Å². The third kappa shape index (κ3) is 7.01. The molecule has 1 amide bonds. The van der Waals surface area contributed by atoms with Crippen molar-refractivity contribution in [1.29, 1.82) is 0 Å². The van der Waals surface area contributed by atoms with E-state index in [1.807, 2.05) is 6.92 Å². The van der Waals surface area contributed by atoms with Crippen LogP contribution in [0.5, 0.6) is 5.75 Å². The van der Waals surface area contributed by atoms with Crippen LogP contribution in [0.2, 0.25) is 0 Å². The average Bonchev–Trinajstić information content (AvgIpc) is 3.17. The quantitative estimate of drug-likeness (QED) is 0.313. The normalized spacial score (nSPS) is 16.5. The molecule has 1 unspecified atom stereocenters. The van der Waals surface area contributed by atoms with Gasteiger partial charge in [0.1, 0.15) is 6.10 Å². The second-order valence-corrected chi connectivity index (χ2v) is 7.57. The van der Waals surface area contributed by atoms with Crippen LogP contribution in [-0.2, 0) is 4.79 Å². The van der Waals surface area contributed by atoms with Gasteiger partial charge in [0.15, 0.2) is 17.5 Å². The monoisotopic (exact) mass is 520 g/mol. The van der Waals surface area contributed by atoms with Gasteiger partial charge in [-0.3, -0.25) is 9.79 Å². The number of hydrogen-bond acceptors (Lipinski definition) is 3. The predicted octanol–water partition coefficient (Wildman–Crippen LogP) is 3.41. The summed E-state index contributed by atoms with van der Waals surface area (Å²) in [4.78, 5) is 18.6. The number of nitrogens with one attached hydrogen (secondary N) is 2. The fourth-order valence-electron chi connectivity index (χ4n) is 3.67. The number of nitrogens with zero attached hydrogens (tertiary/aromatic N) is 2. The Morgan fingerprint density at radius 1 is 1.28 bits per heavy atom. The van der Waals surface area contributed by atoms with Crippen molar-refractivity contribution in [3.63, 3.8) is 0 Å². The highest BCUT2D eigenvalue weighted by Gasteiger charge is 2.42. The fraction of sp³-hybridized carbons (Fsp3) is 0.619. The summed E-state index contributed by atoms with van der Waals surface area (Å²) < 4.78 is 19.6. The molecule has 2 N–H and O–H groups in total. The van der Waals surface area contributed by atoms with Gasteiger partial charge >= 0.3 is 0 Å². The zero-order valence-electron chi connectivity index (χ0n) is 17.8. The summed E-state index contributed by atoms with van der Waals surface area (Å²) in [7, 11) is 5.31. The number of guanidine groups is 1. The Hall–Kier alpha value is -1.58. The molecule has 1 atom stereocenters. The van der Waals surface area contributed by atoms with E-state index in [1.165, 1.54) is 6.07 Å². The van der Waals surface area contributed by atoms with Gasteiger partial charge in [-0.25, -0.2) is 4.39 Å². The smallest absolute Gasteiger partial charge is 0.230 e. The molecular weight excluding hydrogens is 486 g/mol. The molecule has 0 spiro atoms. The molecule has 0 radical (unpaired) electrons. The van der Waals surface area contributed by atoms with Gasteiger partial charge in [-0.1, -0.05) is 31.9 Å². The van der Waals surface area contributed by atoms with Crippen molar-refractivity contribution in [2.75, 3.05) is 34.2 Å². The van der Waals surface area contributed by atoms with Gasteiger partial charge in [0.05, 0.1) is 12.0 Å². The number of hydrogen-bond donors (Lipinski definition) is 2. The SMILES string of the molecule is CCC(CNC(=NC)NCC1(C(=O)N(C)C)CCCC1)Oc1ccccc1F.I. The van der Waals surface area contributed by atoms with E-state index in [9.17, 15) is 9.18 Å². The van der Waals surface area contributed by atoms with E-state index in [2.05, 4.69) is 15.6 Å². The summed E-state index contributed by atoms with van der Waals surface area (Å²) in [5.74, 6) is 0.671. The Bertz CT molecular complexity index is 678. The molecule has 164 valence electrons. The van der Waals surface area contributed by atoms with Gasteiger partial charge < -0.3 is 20.3 Å². The number of amides is 1. The van der Waals surface area contributed by atoms with Crippen LogP contribution in [0.15, 0.2) is 29.3 Å². The highest BCUT2D eigenvalue weighted by molar-refractivity contribution is 14.0. The first-order valence-electron chi connectivity index (χ1n) is 9.99. The molecule has 1 aromatic carbocycles. The van der Waals surface area contributed by atoms with Gasteiger partial charge in [0.25, 0.3) is 0 Å². The summed E-state index contributed by atoms with van der Waals surface area (Å²) >= 11 is 0. The Morgan fingerprint density at radius 3 is 2.48 bits per heavy atom. The number of aliphatic imine (C=N–C) groups is 1.